The first-order chi connectivity index (χ1) is 34.1. The Hall–Kier alpha value is -8.14. The highest BCUT2D eigenvalue weighted by atomic mass is 19.1. The summed E-state index contributed by atoms with van der Waals surface area (Å²) in [6.45, 7) is 0.899. The summed E-state index contributed by atoms with van der Waals surface area (Å²) < 4.78 is 27.7. The first kappa shape index (κ1) is 49.3. The lowest BCUT2D eigenvalue weighted by atomic mass is 9.81. The lowest BCUT2D eigenvalue weighted by Gasteiger charge is -2.29. The van der Waals surface area contributed by atoms with Crippen molar-refractivity contribution in [1.29, 1.82) is 0 Å². The highest BCUT2D eigenvalue weighted by Crippen LogP contribution is 2.45. The number of rotatable bonds is 19. The zero-order chi connectivity index (χ0) is 50.5. The van der Waals surface area contributed by atoms with E-state index in [-0.39, 0.29) is 38.1 Å². The molecule has 0 saturated heterocycles. The van der Waals surface area contributed by atoms with Crippen molar-refractivity contribution in [1.82, 2.24) is 46.4 Å². The van der Waals surface area contributed by atoms with Crippen molar-refractivity contribution >= 4 is 64.1 Å². The van der Waals surface area contributed by atoms with Crippen LogP contribution in [0.4, 0.5) is 4.39 Å². The molecule has 3 aliphatic heterocycles. The molecule has 21 nitrogen and oxygen atoms in total. The topological polar surface area (TPSA) is 282 Å². The molecule has 0 saturated carbocycles. The van der Waals surface area contributed by atoms with Crippen LogP contribution in [0, 0.1) is 12.7 Å². The number of hydrogen-bond donors (Lipinski definition) is 6. The molecule has 1 aliphatic carbocycles. The number of halogens is 1. The second-order valence-electron chi connectivity index (χ2n) is 17.4. The number of hydrogen-bond acceptors (Lipinski definition) is 13. The van der Waals surface area contributed by atoms with Crippen molar-refractivity contribution in [3.8, 4) is 11.4 Å². The monoisotopic (exact) mass is 975 g/mol. The highest BCUT2D eigenvalue weighted by Gasteiger charge is 2.38. The molecular formula is C49H50FN9O12. The summed E-state index contributed by atoms with van der Waals surface area (Å²) in [6, 6.07) is 10.1. The van der Waals surface area contributed by atoms with Crippen LogP contribution in [0.3, 0.4) is 0 Å². The van der Waals surface area contributed by atoms with Gasteiger partial charge in [-0.15, -0.1) is 0 Å². The zero-order valence-corrected chi connectivity index (χ0v) is 38.7. The van der Waals surface area contributed by atoms with Gasteiger partial charge in [-0.2, -0.15) is 0 Å². The predicted molar refractivity (Wildman–Crippen MR) is 248 cm³/mol. The minimum atomic E-state index is -1.17. The number of fused-ring (bicyclic) bond motifs is 5. The molecule has 3 atom stereocenters. The maximum Gasteiger partial charge on any atom is 0.313 e. The van der Waals surface area contributed by atoms with Crippen LogP contribution in [-0.2, 0) is 78.6 Å². The molecule has 0 radical (unpaired) electrons. The molecule has 71 heavy (non-hydrogen) atoms. The Bertz CT molecular complexity index is 2970. The number of aromatic nitrogens is 2. The second kappa shape index (κ2) is 21.2. The van der Waals surface area contributed by atoms with Crippen molar-refractivity contribution in [2.45, 2.75) is 77.1 Å². The number of carbonyl (C=O) groups excluding carboxylic acids is 9. The molecular weight excluding hydrogens is 926 g/mol. The van der Waals surface area contributed by atoms with E-state index in [1.807, 2.05) is 6.92 Å². The third-order valence-corrected chi connectivity index (χ3v) is 12.8. The molecule has 8 rings (SSSR count). The first-order valence-corrected chi connectivity index (χ1v) is 23.0. The van der Waals surface area contributed by atoms with Crippen molar-refractivity contribution in [3.63, 3.8) is 0 Å². The average Bonchev–Trinajstić information content (AvgIpc) is 3.89. The Morgan fingerprint density at radius 2 is 1.56 bits per heavy atom. The minimum absolute atomic E-state index is 0.0288. The minimum Gasteiger partial charge on any atom is -0.460 e. The molecule has 5 heterocycles. The molecule has 4 aromatic rings. The van der Waals surface area contributed by atoms with E-state index in [0.29, 0.717) is 74.9 Å². The zero-order valence-electron chi connectivity index (χ0n) is 38.7. The van der Waals surface area contributed by atoms with Gasteiger partial charge in [-0.25, -0.2) is 9.37 Å². The maximum absolute atomic E-state index is 15.3. The van der Waals surface area contributed by atoms with Gasteiger partial charge in [0.15, 0.2) is 0 Å². The fourth-order valence-corrected chi connectivity index (χ4v) is 9.26. The second-order valence-corrected chi connectivity index (χ2v) is 17.4. The third-order valence-electron chi connectivity index (χ3n) is 12.8. The fraction of sp³-hybridized carbons (Fsp3) is 0.367. The molecule has 22 heteroatoms. The summed E-state index contributed by atoms with van der Waals surface area (Å²) in [5.74, 6) is -6.53. The average molecular weight is 976 g/mol. The van der Waals surface area contributed by atoms with Crippen LogP contribution in [0.25, 0.3) is 22.3 Å². The van der Waals surface area contributed by atoms with E-state index in [4.69, 9.17) is 14.5 Å². The van der Waals surface area contributed by atoms with Gasteiger partial charge in [0.2, 0.25) is 35.4 Å². The van der Waals surface area contributed by atoms with Crippen LogP contribution in [-0.4, -0.2) is 113 Å². The number of aryl methyl sites for hydroxylation is 1. The van der Waals surface area contributed by atoms with Gasteiger partial charge in [-0.3, -0.25) is 52.8 Å². The lowest BCUT2D eigenvalue weighted by Crippen LogP contribution is -2.52. The van der Waals surface area contributed by atoms with E-state index in [1.54, 1.807) is 47.9 Å². The van der Waals surface area contributed by atoms with Gasteiger partial charge in [0, 0.05) is 48.6 Å². The quantitative estimate of drug-likeness (QED) is 0.0276. The predicted octanol–water partition coefficient (Wildman–Crippen LogP) is 0.00812. The van der Waals surface area contributed by atoms with Crippen molar-refractivity contribution in [3.05, 3.63) is 110 Å². The summed E-state index contributed by atoms with van der Waals surface area (Å²) in [5, 5.41) is 15.9. The summed E-state index contributed by atoms with van der Waals surface area (Å²) in [4.78, 5) is 133. The van der Waals surface area contributed by atoms with Gasteiger partial charge < -0.3 is 45.9 Å². The van der Waals surface area contributed by atoms with Gasteiger partial charge in [-0.1, -0.05) is 37.3 Å². The molecule has 2 aromatic carbocycles. The Morgan fingerprint density at radius 3 is 2.31 bits per heavy atom. The highest BCUT2D eigenvalue weighted by molar-refractivity contribution is 6.13. The summed E-state index contributed by atoms with van der Waals surface area (Å²) >= 11 is 0. The van der Waals surface area contributed by atoms with Gasteiger partial charge >= 0.3 is 5.97 Å². The van der Waals surface area contributed by atoms with Crippen molar-refractivity contribution < 1.29 is 57.0 Å². The number of carbonyl (C=O) groups is 9. The molecule has 0 spiro atoms. The summed E-state index contributed by atoms with van der Waals surface area (Å²) in [5.41, 5.74) is 5.32. The fourth-order valence-electron chi connectivity index (χ4n) is 9.26. The molecule has 0 bridgehead atoms. The number of amides is 8. The van der Waals surface area contributed by atoms with Crippen LogP contribution in [0.5, 0.6) is 0 Å². The van der Waals surface area contributed by atoms with E-state index in [2.05, 4.69) is 31.9 Å². The number of pyridine rings is 2. The molecule has 6 N–H and O–H groups in total. The van der Waals surface area contributed by atoms with E-state index in [1.165, 1.54) is 6.07 Å². The first-order valence-electron chi connectivity index (χ1n) is 23.0. The Kier molecular flexibility index (Phi) is 14.7. The number of ether oxygens (including phenoxy) is 2. The number of benzene rings is 2. The SMILES string of the molecule is CCC1C(=O)OCc2c1cc1n(c2=O)Cc2c-1nc1cc(F)c(C)c3c1c2[C@@H](NC(=O)COCNC(=O)CNC(=O)[C@H](Cc1ccccc1)NC(=O)CNC(=O)CNC(=O)CCN1C(=O)C=CC1=O)CC3. The van der Waals surface area contributed by atoms with Gasteiger partial charge in [0.25, 0.3) is 17.4 Å². The molecule has 1 unspecified atom stereocenters. The third kappa shape index (κ3) is 10.7. The van der Waals surface area contributed by atoms with Gasteiger partial charge in [0.05, 0.1) is 60.6 Å². The van der Waals surface area contributed by atoms with Crippen LogP contribution in [0.1, 0.15) is 77.1 Å². The molecule has 8 amide bonds. The van der Waals surface area contributed by atoms with Crippen LogP contribution >= 0.6 is 0 Å². The Morgan fingerprint density at radius 1 is 0.859 bits per heavy atom. The van der Waals surface area contributed by atoms with Crippen molar-refractivity contribution in [2.24, 2.45) is 0 Å². The van der Waals surface area contributed by atoms with E-state index < -0.39 is 110 Å². The number of imide groups is 1. The number of esters is 1. The van der Waals surface area contributed by atoms with E-state index >= 15 is 4.39 Å². The largest absolute Gasteiger partial charge is 0.460 e. The van der Waals surface area contributed by atoms with E-state index in [0.717, 1.165) is 22.6 Å². The molecule has 0 fully saturated rings. The number of nitrogens with one attached hydrogen (secondary N) is 6. The lowest BCUT2D eigenvalue weighted by molar-refractivity contribution is -0.148. The summed E-state index contributed by atoms with van der Waals surface area (Å²) in [6.07, 6.45) is 3.23. The summed E-state index contributed by atoms with van der Waals surface area (Å²) in [7, 11) is 0. The van der Waals surface area contributed by atoms with Crippen LogP contribution < -0.4 is 37.5 Å². The molecule has 370 valence electrons. The molecule has 2 aromatic heterocycles. The van der Waals surface area contributed by atoms with Crippen molar-refractivity contribution in [2.75, 3.05) is 39.5 Å². The van der Waals surface area contributed by atoms with Gasteiger partial charge in [0.1, 0.15) is 31.8 Å². The standard InChI is InChI=1S/C49H50FN9O12/c1-3-27-29-16-36-46-30(21-59(36)48(68)31(29)22-71-49(27)69)45-33(10-9-28-25(2)32(50)17-34(57-46)44(28)45)55-41(64)23-70-24-54-39(62)19-53-47(67)35(15-26-7-5-4-6-8-26)56-40(63)20-52-38(61)18-51-37(60)13-14-58-42(65)11-12-43(58)66/h4-8,11-12,16-17,27,33,35H,3,9-10,13-15,18-24H2,1-2H3,(H,51,60)(H,52,61)(H,53,67)(H,54,62)(H,55,64)(H,56,63)/t27?,33-,35-/m0/s1. The van der Waals surface area contributed by atoms with E-state index in [9.17, 15) is 47.9 Å². The smallest absolute Gasteiger partial charge is 0.313 e. The normalized spacial score (nSPS) is 16.6. The maximum atomic E-state index is 15.3. The van der Waals surface area contributed by atoms with Gasteiger partial charge in [-0.05, 0) is 60.1 Å². The van der Waals surface area contributed by atoms with Crippen LogP contribution in [0.2, 0.25) is 0 Å². The Balaban J connectivity index is 0.827. The molecule has 4 aliphatic rings. The number of cyclic esters (lactones) is 1. The van der Waals surface area contributed by atoms with Crippen LogP contribution in [0.15, 0.2) is 59.4 Å². The number of nitrogens with zero attached hydrogens (tertiary/aromatic N) is 3. The Labute approximate surface area is 404 Å².